The maximum Gasteiger partial charge on any atom is 0.251 e. The molecule has 0 aliphatic carbocycles. The van der Waals surface area contributed by atoms with Gasteiger partial charge < -0.3 is 11.1 Å². The van der Waals surface area contributed by atoms with E-state index in [1.807, 2.05) is 0 Å². The molecule has 0 aliphatic rings. The second-order valence-corrected chi connectivity index (χ2v) is 7.74. The van der Waals surface area contributed by atoms with Crippen molar-refractivity contribution in [2.24, 2.45) is 10.9 Å². The van der Waals surface area contributed by atoms with E-state index in [1.54, 1.807) is 19.9 Å². The zero-order valence-electron chi connectivity index (χ0n) is 11.9. The Labute approximate surface area is 139 Å². The topological polar surface area (TPSA) is 115 Å². The van der Waals surface area contributed by atoms with Crippen LogP contribution in [0, 0.1) is 6.92 Å². The van der Waals surface area contributed by atoms with E-state index >= 15 is 0 Å². The summed E-state index contributed by atoms with van der Waals surface area (Å²) in [6, 6.07) is 2.91. The molecule has 0 aromatic heterocycles. The molecule has 0 aliphatic heterocycles. The van der Waals surface area contributed by atoms with Gasteiger partial charge in [0.15, 0.2) is 0 Å². The summed E-state index contributed by atoms with van der Waals surface area (Å²) < 4.78 is 23.5. The molecule has 1 amide bonds. The van der Waals surface area contributed by atoms with Crippen molar-refractivity contribution in [2.75, 3.05) is 6.54 Å². The molecule has 0 saturated heterocycles. The van der Waals surface area contributed by atoms with E-state index in [0.29, 0.717) is 10.0 Å². The highest BCUT2D eigenvalue weighted by Gasteiger charge is 2.20. The summed E-state index contributed by atoms with van der Waals surface area (Å²) in [5.74, 6) is -0.396. The maximum atomic E-state index is 12.1. The number of carbonyl (C=O) groups excluding carboxylic acids is 1. The van der Waals surface area contributed by atoms with E-state index in [9.17, 15) is 13.2 Å². The fourth-order valence-corrected chi connectivity index (χ4v) is 3.03. The molecule has 120 valence electrons. The van der Waals surface area contributed by atoms with Crippen molar-refractivity contribution in [3.8, 4) is 0 Å². The number of amides is 1. The standard InChI is InChI=1S/C12H18BrN3O3S.ClH/c1-7-9(11(17)16-6-12(2,3)14)4-8(13)5-10(7)20(15,18)19;/h4-5H,6,14H2,1-3H3,(H,16,17)(H2,15,18,19);1H. The number of halogens is 2. The van der Waals surface area contributed by atoms with Crippen molar-refractivity contribution in [2.45, 2.75) is 31.2 Å². The summed E-state index contributed by atoms with van der Waals surface area (Å²) in [6.07, 6.45) is 0. The first kappa shape index (κ1) is 20.3. The lowest BCUT2D eigenvalue weighted by molar-refractivity contribution is 0.0945. The average molecular weight is 401 g/mol. The van der Waals surface area contributed by atoms with Gasteiger partial charge in [-0.1, -0.05) is 15.9 Å². The van der Waals surface area contributed by atoms with Gasteiger partial charge in [0.05, 0.1) is 4.90 Å². The van der Waals surface area contributed by atoms with Crippen LogP contribution in [0.15, 0.2) is 21.5 Å². The Morgan fingerprint density at radius 1 is 1.38 bits per heavy atom. The molecule has 0 radical (unpaired) electrons. The third-order valence-electron chi connectivity index (χ3n) is 2.58. The van der Waals surface area contributed by atoms with E-state index in [2.05, 4.69) is 21.2 Å². The first-order chi connectivity index (χ1) is 8.92. The number of hydrogen-bond acceptors (Lipinski definition) is 4. The minimum absolute atomic E-state index is 0. The SMILES string of the molecule is Cc1c(C(=O)NCC(C)(C)N)cc(Br)cc1S(N)(=O)=O.Cl. The van der Waals surface area contributed by atoms with Crippen molar-refractivity contribution in [3.05, 3.63) is 27.7 Å². The summed E-state index contributed by atoms with van der Waals surface area (Å²) in [5.41, 5.74) is 5.78. The van der Waals surface area contributed by atoms with Gasteiger partial charge in [0.25, 0.3) is 5.91 Å². The molecule has 5 N–H and O–H groups in total. The lowest BCUT2D eigenvalue weighted by Gasteiger charge is -2.19. The number of benzene rings is 1. The van der Waals surface area contributed by atoms with Crippen molar-refractivity contribution in [1.82, 2.24) is 5.32 Å². The van der Waals surface area contributed by atoms with E-state index in [0.717, 1.165) is 0 Å². The normalized spacial score (nSPS) is 11.7. The van der Waals surface area contributed by atoms with Crippen LogP contribution < -0.4 is 16.2 Å². The number of sulfonamides is 1. The smallest absolute Gasteiger partial charge is 0.251 e. The fourth-order valence-electron chi connectivity index (χ4n) is 1.59. The van der Waals surface area contributed by atoms with Gasteiger partial charge in [-0.05, 0) is 38.5 Å². The van der Waals surface area contributed by atoms with Gasteiger partial charge in [-0.15, -0.1) is 12.4 Å². The number of rotatable bonds is 4. The van der Waals surface area contributed by atoms with Gasteiger partial charge in [0.1, 0.15) is 0 Å². The molecule has 0 fully saturated rings. The highest BCUT2D eigenvalue weighted by atomic mass is 79.9. The number of nitrogens with one attached hydrogen (secondary N) is 1. The third-order valence-corrected chi connectivity index (χ3v) is 4.08. The van der Waals surface area contributed by atoms with Crippen LogP contribution in [0.25, 0.3) is 0 Å². The maximum absolute atomic E-state index is 12.1. The molecule has 0 saturated carbocycles. The van der Waals surface area contributed by atoms with Crippen LogP contribution in [0.5, 0.6) is 0 Å². The number of nitrogens with two attached hydrogens (primary N) is 2. The summed E-state index contributed by atoms with van der Waals surface area (Å²) >= 11 is 3.17. The Morgan fingerprint density at radius 3 is 2.33 bits per heavy atom. The summed E-state index contributed by atoms with van der Waals surface area (Å²) in [5, 5.41) is 7.80. The van der Waals surface area contributed by atoms with Crippen molar-refractivity contribution in [1.29, 1.82) is 0 Å². The molecule has 0 heterocycles. The second kappa shape index (κ2) is 7.06. The van der Waals surface area contributed by atoms with Gasteiger partial charge in [0, 0.05) is 22.1 Å². The van der Waals surface area contributed by atoms with Crippen LogP contribution in [-0.2, 0) is 10.0 Å². The van der Waals surface area contributed by atoms with Gasteiger partial charge in [-0.3, -0.25) is 4.79 Å². The predicted molar refractivity (Wildman–Crippen MR) is 88.1 cm³/mol. The van der Waals surface area contributed by atoms with Crippen molar-refractivity contribution >= 4 is 44.3 Å². The molecular formula is C12H19BrClN3O3S. The first-order valence-electron chi connectivity index (χ1n) is 5.82. The molecule has 6 nitrogen and oxygen atoms in total. The average Bonchev–Trinajstić information content (AvgIpc) is 2.26. The zero-order chi connectivity index (χ0) is 15.7. The summed E-state index contributed by atoms with van der Waals surface area (Å²) in [7, 11) is -3.89. The molecule has 1 aromatic carbocycles. The number of hydrogen-bond donors (Lipinski definition) is 3. The highest BCUT2D eigenvalue weighted by molar-refractivity contribution is 9.10. The minimum atomic E-state index is -3.89. The van der Waals surface area contributed by atoms with E-state index in [-0.39, 0.29) is 29.4 Å². The molecule has 0 atom stereocenters. The van der Waals surface area contributed by atoms with Crippen LogP contribution >= 0.6 is 28.3 Å². The molecule has 9 heteroatoms. The zero-order valence-corrected chi connectivity index (χ0v) is 15.2. The molecule has 0 bridgehead atoms. The second-order valence-electron chi connectivity index (χ2n) is 5.29. The fraction of sp³-hybridized carbons (Fsp3) is 0.417. The third kappa shape index (κ3) is 5.91. The Balaban J connectivity index is 0.00000400. The van der Waals surface area contributed by atoms with Crippen LogP contribution in [0.3, 0.4) is 0 Å². The molecule has 1 rings (SSSR count). The Morgan fingerprint density at radius 2 is 1.90 bits per heavy atom. The monoisotopic (exact) mass is 399 g/mol. The van der Waals surface area contributed by atoms with Crippen molar-refractivity contribution < 1.29 is 13.2 Å². The highest BCUT2D eigenvalue weighted by Crippen LogP contribution is 2.24. The van der Waals surface area contributed by atoms with Crippen LogP contribution in [0.4, 0.5) is 0 Å². The largest absolute Gasteiger partial charge is 0.350 e. The lowest BCUT2D eigenvalue weighted by atomic mass is 10.1. The molecule has 0 spiro atoms. The minimum Gasteiger partial charge on any atom is -0.350 e. The first-order valence-corrected chi connectivity index (χ1v) is 8.16. The van der Waals surface area contributed by atoms with Gasteiger partial charge >= 0.3 is 0 Å². The van der Waals surface area contributed by atoms with Gasteiger partial charge in [0.2, 0.25) is 10.0 Å². The Kier molecular flexibility index (Phi) is 6.83. The van der Waals surface area contributed by atoms with Crippen LogP contribution in [-0.4, -0.2) is 26.4 Å². The van der Waals surface area contributed by atoms with E-state index < -0.39 is 21.5 Å². The number of primary sulfonamides is 1. The Bertz CT molecular complexity index is 642. The molecule has 21 heavy (non-hydrogen) atoms. The molecular weight excluding hydrogens is 382 g/mol. The Hall–Kier alpha value is -0.670. The lowest BCUT2D eigenvalue weighted by Crippen LogP contribution is -2.45. The van der Waals surface area contributed by atoms with E-state index in [4.69, 9.17) is 10.9 Å². The van der Waals surface area contributed by atoms with Crippen molar-refractivity contribution in [3.63, 3.8) is 0 Å². The van der Waals surface area contributed by atoms with E-state index in [1.165, 1.54) is 13.0 Å². The predicted octanol–water partition coefficient (Wildman–Crippen LogP) is 1.29. The molecule has 0 unspecified atom stereocenters. The van der Waals surface area contributed by atoms with Gasteiger partial charge in [-0.2, -0.15) is 0 Å². The summed E-state index contributed by atoms with van der Waals surface area (Å²) in [6.45, 7) is 5.35. The molecule has 1 aromatic rings. The summed E-state index contributed by atoms with van der Waals surface area (Å²) in [4.78, 5) is 12.0. The number of carbonyl (C=O) groups is 1. The van der Waals surface area contributed by atoms with Crippen LogP contribution in [0.1, 0.15) is 29.8 Å². The quantitative estimate of drug-likeness (QED) is 0.706. The van der Waals surface area contributed by atoms with Crippen LogP contribution in [0.2, 0.25) is 0 Å². The van der Waals surface area contributed by atoms with Gasteiger partial charge in [-0.25, -0.2) is 13.6 Å².